The summed E-state index contributed by atoms with van der Waals surface area (Å²) in [6.45, 7) is 0. The molecule has 1 N–H and O–H groups in total. The van der Waals surface area contributed by atoms with Gasteiger partial charge in [0.2, 0.25) is 0 Å². The number of nitrogens with one attached hydrogen (secondary N) is 1. The molecule has 96 valence electrons. The van der Waals surface area contributed by atoms with Gasteiger partial charge in [-0.25, -0.2) is 9.37 Å². The molecular formula is C12H12BrFN2OS. The second-order valence-corrected chi connectivity index (χ2v) is 5.45. The summed E-state index contributed by atoms with van der Waals surface area (Å²) in [5.41, 5.74) is 0.810. The van der Waals surface area contributed by atoms with E-state index < -0.39 is 0 Å². The fourth-order valence-electron chi connectivity index (χ4n) is 1.61. The van der Waals surface area contributed by atoms with Crippen LogP contribution in [0.3, 0.4) is 0 Å². The Bertz CT molecular complexity index is 559. The number of aromatic nitrogens is 1. The van der Waals surface area contributed by atoms with Crippen LogP contribution in [0.25, 0.3) is 0 Å². The van der Waals surface area contributed by atoms with Gasteiger partial charge in [-0.2, -0.15) is 0 Å². The van der Waals surface area contributed by atoms with E-state index in [1.165, 1.54) is 23.5 Å². The molecule has 2 aromatic rings. The second-order valence-electron chi connectivity index (χ2n) is 3.62. The molecule has 0 spiro atoms. The first-order chi connectivity index (χ1) is 8.63. The number of hydrogen-bond donors (Lipinski definition) is 1. The van der Waals surface area contributed by atoms with Crippen molar-refractivity contribution in [1.82, 2.24) is 4.98 Å². The van der Waals surface area contributed by atoms with Gasteiger partial charge in [0.25, 0.3) is 0 Å². The van der Waals surface area contributed by atoms with E-state index in [9.17, 15) is 4.39 Å². The molecule has 3 nitrogen and oxygen atoms in total. The van der Waals surface area contributed by atoms with Gasteiger partial charge in [-0.3, -0.25) is 0 Å². The number of halogens is 2. The van der Waals surface area contributed by atoms with Gasteiger partial charge >= 0.3 is 0 Å². The maximum Gasteiger partial charge on any atom is 0.183 e. The van der Waals surface area contributed by atoms with Crippen LogP contribution in [0.4, 0.5) is 9.52 Å². The van der Waals surface area contributed by atoms with Crippen molar-refractivity contribution in [3.05, 3.63) is 39.1 Å². The van der Waals surface area contributed by atoms with Crippen molar-refractivity contribution in [2.75, 3.05) is 19.5 Å². The maximum atomic E-state index is 13.3. The minimum atomic E-state index is -0.264. The van der Waals surface area contributed by atoms with Crippen molar-refractivity contribution < 1.29 is 9.13 Å². The average molecular weight is 331 g/mol. The molecule has 0 unspecified atom stereocenters. The molecule has 0 fully saturated rings. The van der Waals surface area contributed by atoms with E-state index >= 15 is 0 Å². The molecule has 18 heavy (non-hydrogen) atoms. The van der Waals surface area contributed by atoms with E-state index in [-0.39, 0.29) is 5.82 Å². The third-order valence-corrected chi connectivity index (χ3v) is 4.45. The number of thiazole rings is 1. The molecule has 0 aliphatic rings. The Kier molecular flexibility index (Phi) is 4.19. The number of benzene rings is 1. The van der Waals surface area contributed by atoms with E-state index in [1.54, 1.807) is 13.2 Å². The van der Waals surface area contributed by atoms with Crippen LogP contribution in [0.2, 0.25) is 0 Å². The highest BCUT2D eigenvalue weighted by Gasteiger charge is 2.12. The highest BCUT2D eigenvalue weighted by atomic mass is 79.9. The van der Waals surface area contributed by atoms with Crippen molar-refractivity contribution >= 4 is 32.4 Å². The zero-order chi connectivity index (χ0) is 13.1. The van der Waals surface area contributed by atoms with Gasteiger partial charge in [0.15, 0.2) is 5.13 Å². The van der Waals surface area contributed by atoms with Gasteiger partial charge in [0.05, 0.1) is 7.11 Å². The van der Waals surface area contributed by atoms with Crippen molar-refractivity contribution in [3.8, 4) is 5.75 Å². The van der Waals surface area contributed by atoms with Crippen molar-refractivity contribution in [3.63, 3.8) is 0 Å². The lowest BCUT2D eigenvalue weighted by Crippen LogP contribution is -1.94. The largest absolute Gasteiger partial charge is 0.496 e. The smallest absolute Gasteiger partial charge is 0.183 e. The highest BCUT2D eigenvalue weighted by Crippen LogP contribution is 2.31. The third-order valence-electron chi connectivity index (χ3n) is 2.46. The molecule has 1 aromatic heterocycles. The summed E-state index contributed by atoms with van der Waals surface area (Å²) in [7, 11) is 3.40. The van der Waals surface area contributed by atoms with Crippen LogP contribution < -0.4 is 10.1 Å². The van der Waals surface area contributed by atoms with Gasteiger partial charge in [-0.15, -0.1) is 11.3 Å². The monoisotopic (exact) mass is 330 g/mol. The molecule has 2 rings (SSSR count). The van der Waals surface area contributed by atoms with Gasteiger partial charge in [0.1, 0.15) is 16.2 Å². The Morgan fingerprint density at radius 2 is 2.28 bits per heavy atom. The average Bonchev–Trinajstić information content (AvgIpc) is 2.71. The SMILES string of the molecule is CNc1nc(Br)c(Cc2cc(F)ccc2OC)s1. The van der Waals surface area contributed by atoms with Crippen LogP contribution in [0, 0.1) is 5.82 Å². The van der Waals surface area contributed by atoms with E-state index in [0.717, 1.165) is 20.2 Å². The summed E-state index contributed by atoms with van der Waals surface area (Å²) in [4.78, 5) is 5.32. The fraction of sp³-hybridized carbons (Fsp3) is 0.250. The molecule has 0 saturated carbocycles. The summed E-state index contributed by atoms with van der Waals surface area (Å²) in [6, 6.07) is 4.52. The minimum absolute atomic E-state index is 0.264. The number of methoxy groups -OCH3 is 1. The number of nitrogens with zero attached hydrogens (tertiary/aromatic N) is 1. The Labute approximate surface area is 117 Å². The lowest BCUT2D eigenvalue weighted by atomic mass is 10.1. The number of hydrogen-bond acceptors (Lipinski definition) is 4. The van der Waals surface area contributed by atoms with Gasteiger partial charge in [-0.1, -0.05) is 0 Å². The van der Waals surface area contributed by atoms with E-state index in [0.29, 0.717) is 12.2 Å². The molecule has 1 aromatic carbocycles. The Hall–Kier alpha value is -1.14. The molecule has 0 saturated heterocycles. The Morgan fingerprint density at radius 1 is 1.50 bits per heavy atom. The lowest BCUT2D eigenvalue weighted by Gasteiger charge is -2.07. The van der Waals surface area contributed by atoms with E-state index in [2.05, 4.69) is 26.2 Å². The number of anilines is 1. The summed E-state index contributed by atoms with van der Waals surface area (Å²) in [5.74, 6) is 0.419. The molecule has 6 heteroatoms. The first kappa shape index (κ1) is 13.3. The van der Waals surface area contributed by atoms with Crippen LogP contribution >= 0.6 is 27.3 Å². The van der Waals surface area contributed by atoms with Crippen LogP contribution in [0.5, 0.6) is 5.75 Å². The molecular weight excluding hydrogens is 319 g/mol. The summed E-state index contributed by atoms with van der Waals surface area (Å²) in [5, 5.41) is 3.81. The normalized spacial score (nSPS) is 10.4. The van der Waals surface area contributed by atoms with Crippen LogP contribution in [-0.2, 0) is 6.42 Å². The maximum absolute atomic E-state index is 13.3. The Morgan fingerprint density at radius 3 is 2.89 bits per heavy atom. The number of ether oxygens (including phenoxy) is 1. The van der Waals surface area contributed by atoms with Gasteiger partial charge < -0.3 is 10.1 Å². The number of rotatable bonds is 4. The van der Waals surface area contributed by atoms with Crippen molar-refractivity contribution in [1.29, 1.82) is 0 Å². The van der Waals surface area contributed by atoms with E-state index in [1.807, 2.05) is 7.05 Å². The standard InChI is InChI=1S/C12H12BrFN2OS/c1-15-12-16-11(13)10(18-12)6-7-5-8(14)3-4-9(7)17-2/h3-5H,6H2,1-2H3,(H,15,16). The zero-order valence-corrected chi connectivity index (χ0v) is 12.4. The van der Waals surface area contributed by atoms with E-state index in [4.69, 9.17) is 4.74 Å². The van der Waals surface area contributed by atoms with Crippen LogP contribution in [-0.4, -0.2) is 19.1 Å². The lowest BCUT2D eigenvalue weighted by molar-refractivity contribution is 0.409. The molecule has 0 bridgehead atoms. The van der Waals surface area contributed by atoms with Crippen LogP contribution in [0.15, 0.2) is 22.8 Å². The first-order valence-electron chi connectivity index (χ1n) is 5.29. The Balaban J connectivity index is 2.32. The van der Waals surface area contributed by atoms with Crippen molar-refractivity contribution in [2.45, 2.75) is 6.42 Å². The quantitative estimate of drug-likeness (QED) is 0.928. The second kappa shape index (κ2) is 5.67. The summed E-state index contributed by atoms with van der Waals surface area (Å²) < 4.78 is 19.3. The molecule has 0 atom stereocenters. The molecule has 0 aliphatic carbocycles. The zero-order valence-electron chi connectivity index (χ0n) is 9.96. The molecule has 0 radical (unpaired) electrons. The predicted molar refractivity (Wildman–Crippen MR) is 75.1 cm³/mol. The summed E-state index contributed by atoms with van der Waals surface area (Å²) in [6.07, 6.45) is 0.584. The third kappa shape index (κ3) is 2.81. The molecule has 1 heterocycles. The van der Waals surface area contributed by atoms with Gasteiger partial charge in [-0.05, 0) is 34.1 Å². The minimum Gasteiger partial charge on any atom is -0.496 e. The first-order valence-corrected chi connectivity index (χ1v) is 6.90. The highest BCUT2D eigenvalue weighted by molar-refractivity contribution is 9.10. The van der Waals surface area contributed by atoms with Crippen molar-refractivity contribution in [2.24, 2.45) is 0 Å². The fourth-order valence-corrected chi connectivity index (χ4v) is 3.11. The van der Waals surface area contributed by atoms with Gasteiger partial charge in [0, 0.05) is 23.9 Å². The molecule has 0 aliphatic heterocycles. The molecule has 0 amide bonds. The topological polar surface area (TPSA) is 34.2 Å². The summed E-state index contributed by atoms with van der Waals surface area (Å²) >= 11 is 4.94. The van der Waals surface area contributed by atoms with Crippen LogP contribution in [0.1, 0.15) is 10.4 Å². The predicted octanol–water partition coefficient (Wildman–Crippen LogP) is 3.69.